The summed E-state index contributed by atoms with van der Waals surface area (Å²) in [6.07, 6.45) is 3.46. The van der Waals surface area contributed by atoms with E-state index in [2.05, 4.69) is 28.2 Å². The third-order valence-corrected chi connectivity index (χ3v) is 5.85. The van der Waals surface area contributed by atoms with Gasteiger partial charge < -0.3 is 42.9 Å². The Morgan fingerprint density at radius 1 is 0.795 bits per heavy atom. The van der Waals surface area contributed by atoms with Crippen molar-refractivity contribution in [1.29, 1.82) is 0 Å². The Morgan fingerprint density at radius 2 is 1.39 bits per heavy atom. The summed E-state index contributed by atoms with van der Waals surface area (Å²) in [7, 11) is 0. The van der Waals surface area contributed by atoms with Gasteiger partial charge in [-0.15, -0.1) is 0 Å². The minimum atomic E-state index is -1.13. The molecule has 0 atom stereocenters. The van der Waals surface area contributed by atoms with Crippen molar-refractivity contribution in [2.45, 2.75) is 73.6 Å². The van der Waals surface area contributed by atoms with Gasteiger partial charge in [0.05, 0.1) is 12.0 Å². The Labute approximate surface area is 260 Å². The minimum Gasteiger partial charge on any atom is -0.481 e. The van der Waals surface area contributed by atoms with Crippen LogP contribution < -0.4 is 32.7 Å². The standard InChI is InChI=1S/C13H21N3O.C11H19NO5.C6H12N2O2/c1-2-3-9-16-13(17)11-4-6-12(7-5-11)15-10-8-14;1-10(2,6-11(3,4)9(16)17)8(15)12-5-7(13)14;1-2-3-6(10)8-4-5(7)9/h4-7,15H,2-3,8-10,14H2,1H3,(H,16,17);5-6H2,1-4H3,(H,12,15)(H,13,14)(H,16,17);2-4H2,1H3,(H2,7,9)(H,8,10). The van der Waals surface area contributed by atoms with E-state index in [-0.39, 0.29) is 24.8 Å². The molecule has 0 aliphatic heterocycles. The van der Waals surface area contributed by atoms with E-state index in [4.69, 9.17) is 21.7 Å². The molecule has 0 radical (unpaired) electrons. The van der Waals surface area contributed by atoms with Gasteiger partial charge in [0.1, 0.15) is 6.54 Å². The number of carboxylic acids is 2. The fourth-order valence-electron chi connectivity index (χ4n) is 3.59. The number of nitrogens with one attached hydrogen (secondary N) is 4. The van der Waals surface area contributed by atoms with Crippen molar-refractivity contribution in [1.82, 2.24) is 16.0 Å². The highest BCUT2D eigenvalue weighted by molar-refractivity contribution is 5.94. The van der Waals surface area contributed by atoms with Gasteiger partial charge in [-0.2, -0.15) is 0 Å². The second-order valence-electron chi connectivity index (χ2n) is 11.2. The summed E-state index contributed by atoms with van der Waals surface area (Å²) in [4.78, 5) is 65.4. The summed E-state index contributed by atoms with van der Waals surface area (Å²) in [5.41, 5.74) is 9.89. The smallest absolute Gasteiger partial charge is 0.322 e. The van der Waals surface area contributed by atoms with Crippen LogP contribution in [-0.2, 0) is 24.0 Å². The third-order valence-electron chi connectivity index (χ3n) is 5.85. The number of aliphatic carboxylic acids is 2. The summed E-state index contributed by atoms with van der Waals surface area (Å²) in [5, 5.41) is 28.1. The van der Waals surface area contributed by atoms with E-state index in [9.17, 15) is 28.8 Å². The van der Waals surface area contributed by atoms with E-state index in [1.807, 2.05) is 31.2 Å². The monoisotopic (exact) mass is 624 g/mol. The number of nitrogens with two attached hydrogens (primary N) is 2. The quantitative estimate of drug-likeness (QED) is 0.117. The maximum absolute atomic E-state index is 11.7. The predicted molar refractivity (Wildman–Crippen MR) is 169 cm³/mol. The zero-order valence-corrected chi connectivity index (χ0v) is 26.9. The number of benzene rings is 1. The molecular formula is C30H52N6O8. The average Bonchev–Trinajstić information content (AvgIpc) is 2.94. The van der Waals surface area contributed by atoms with Gasteiger partial charge >= 0.3 is 11.9 Å². The van der Waals surface area contributed by atoms with Crippen LogP contribution in [0.25, 0.3) is 0 Å². The number of carboxylic acid groups (broad SMARTS) is 2. The van der Waals surface area contributed by atoms with Crippen LogP contribution in [0.1, 0.15) is 84.0 Å². The van der Waals surface area contributed by atoms with Crippen molar-refractivity contribution in [2.24, 2.45) is 22.3 Å². The zero-order valence-electron chi connectivity index (χ0n) is 26.9. The van der Waals surface area contributed by atoms with Gasteiger partial charge in [0.25, 0.3) is 5.91 Å². The molecule has 14 nitrogen and oxygen atoms in total. The van der Waals surface area contributed by atoms with Gasteiger partial charge in [-0.3, -0.25) is 28.8 Å². The molecule has 0 aliphatic rings. The van der Waals surface area contributed by atoms with E-state index in [1.54, 1.807) is 13.8 Å². The number of hydrogen-bond acceptors (Lipinski definition) is 8. The number of primary amides is 1. The van der Waals surface area contributed by atoms with Crippen molar-refractivity contribution in [2.75, 3.05) is 38.0 Å². The Bertz CT molecular complexity index is 1060. The molecule has 0 unspecified atom stereocenters. The van der Waals surface area contributed by atoms with Crippen molar-refractivity contribution < 1.29 is 39.0 Å². The fraction of sp³-hybridized carbons (Fsp3) is 0.600. The first-order valence-corrected chi connectivity index (χ1v) is 14.5. The molecule has 4 amide bonds. The molecule has 250 valence electrons. The average molecular weight is 625 g/mol. The lowest BCUT2D eigenvalue weighted by Gasteiger charge is -2.30. The third kappa shape index (κ3) is 20.6. The fourth-order valence-corrected chi connectivity index (χ4v) is 3.59. The maximum Gasteiger partial charge on any atom is 0.322 e. The van der Waals surface area contributed by atoms with Gasteiger partial charge in [0.2, 0.25) is 17.7 Å². The van der Waals surface area contributed by atoms with E-state index >= 15 is 0 Å². The number of amides is 4. The lowest BCUT2D eigenvalue weighted by atomic mass is 9.74. The zero-order chi connectivity index (χ0) is 34.3. The first-order chi connectivity index (χ1) is 20.4. The van der Waals surface area contributed by atoms with Crippen molar-refractivity contribution >= 4 is 41.3 Å². The molecule has 0 aliphatic carbocycles. The van der Waals surface area contributed by atoms with Crippen molar-refractivity contribution in [3.8, 4) is 0 Å². The molecule has 0 aromatic heterocycles. The highest BCUT2D eigenvalue weighted by Gasteiger charge is 2.38. The number of rotatable bonds is 17. The van der Waals surface area contributed by atoms with E-state index in [1.165, 1.54) is 13.8 Å². The van der Waals surface area contributed by atoms with E-state index in [0.717, 1.165) is 38.0 Å². The summed E-state index contributed by atoms with van der Waals surface area (Å²) in [5.74, 6) is -3.23. The SMILES string of the molecule is CC(C)(CC(C)(C)C(=O)NCC(=O)O)C(=O)O.CCCC(=O)NCC(N)=O.CCCCNC(=O)c1ccc(NCCN)cc1. The van der Waals surface area contributed by atoms with Crippen LogP contribution in [-0.4, -0.2) is 78.5 Å². The first-order valence-electron chi connectivity index (χ1n) is 14.5. The molecule has 14 heteroatoms. The lowest BCUT2D eigenvalue weighted by Crippen LogP contribution is -2.43. The molecule has 0 saturated carbocycles. The Balaban J connectivity index is 0. The molecule has 0 bridgehead atoms. The highest BCUT2D eigenvalue weighted by Crippen LogP contribution is 2.34. The van der Waals surface area contributed by atoms with Crippen LogP contribution in [0.3, 0.4) is 0 Å². The van der Waals surface area contributed by atoms with Crippen molar-refractivity contribution in [3.63, 3.8) is 0 Å². The van der Waals surface area contributed by atoms with E-state index < -0.39 is 41.1 Å². The van der Waals surface area contributed by atoms with Crippen LogP contribution in [0.5, 0.6) is 0 Å². The van der Waals surface area contributed by atoms with Gasteiger partial charge in [0, 0.05) is 42.7 Å². The Kier molecular flexibility index (Phi) is 21.3. The molecule has 0 saturated heterocycles. The second kappa shape index (κ2) is 22.4. The number of hydrogen-bond donors (Lipinski definition) is 8. The number of anilines is 1. The molecular weight excluding hydrogens is 572 g/mol. The maximum atomic E-state index is 11.7. The van der Waals surface area contributed by atoms with Crippen LogP contribution in [0, 0.1) is 10.8 Å². The Morgan fingerprint density at radius 3 is 1.84 bits per heavy atom. The summed E-state index contributed by atoms with van der Waals surface area (Å²) < 4.78 is 0. The molecule has 10 N–H and O–H groups in total. The first kappa shape index (κ1) is 41.9. The molecule has 1 rings (SSSR count). The highest BCUT2D eigenvalue weighted by atomic mass is 16.4. The van der Waals surface area contributed by atoms with Crippen LogP contribution in [0.15, 0.2) is 24.3 Å². The van der Waals surface area contributed by atoms with Gasteiger partial charge in [0.15, 0.2) is 0 Å². The normalized spacial score (nSPS) is 10.5. The van der Waals surface area contributed by atoms with Crippen LogP contribution in [0.2, 0.25) is 0 Å². The van der Waals surface area contributed by atoms with Gasteiger partial charge in [-0.05, 0) is 57.4 Å². The second-order valence-corrected chi connectivity index (χ2v) is 11.2. The topological polar surface area (TPSA) is 243 Å². The number of carbonyl (C=O) groups is 6. The Hall–Kier alpha value is -4.20. The molecule has 0 spiro atoms. The van der Waals surface area contributed by atoms with Crippen LogP contribution in [0.4, 0.5) is 5.69 Å². The lowest BCUT2D eigenvalue weighted by molar-refractivity contribution is -0.150. The molecule has 44 heavy (non-hydrogen) atoms. The van der Waals surface area contributed by atoms with Crippen LogP contribution >= 0.6 is 0 Å². The van der Waals surface area contributed by atoms with Gasteiger partial charge in [-0.1, -0.05) is 34.1 Å². The summed E-state index contributed by atoms with van der Waals surface area (Å²) in [6, 6.07) is 7.43. The summed E-state index contributed by atoms with van der Waals surface area (Å²) in [6.45, 7) is 11.8. The van der Waals surface area contributed by atoms with E-state index in [0.29, 0.717) is 18.5 Å². The largest absolute Gasteiger partial charge is 0.481 e. The van der Waals surface area contributed by atoms with Gasteiger partial charge in [-0.25, -0.2) is 0 Å². The molecule has 1 aromatic carbocycles. The molecule has 1 aromatic rings. The molecule has 0 heterocycles. The number of carbonyl (C=O) groups excluding carboxylic acids is 4. The number of unbranched alkanes of at least 4 members (excludes halogenated alkanes) is 1. The summed E-state index contributed by atoms with van der Waals surface area (Å²) >= 11 is 0. The van der Waals surface area contributed by atoms with Crippen molar-refractivity contribution in [3.05, 3.63) is 29.8 Å². The molecule has 0 fully saturated rings. The minimum absolute atomic E-state index is 0.0103. The predicted octanol–water partition coefficient (Wildman–Crippen LogP) is 1.69.